The fraction of sp³-hybridized carbons (Fsp3) is 0.182. The molecule has 0 amide bonds. The third-order valence-electron chi connectivity index (χ3n) is 2.21. The van der Waals surface area contributed by atoms with Gasteiger partial charge in [-0.2, -0.15) is 0 Å². The number of nitrogens with zero attached hydrogens (tertiary/aromatic N) is 1. The molecule has 0 fully saturated rings. The molecule has 0 bridgehead atoms. The lowest BCUT2D eigenvalue weighted by atomic mass is 10.2. The van der Waals surface area contributed by atoms with Gasteiger partial charge in [-0.3, -0.25) is 11.3 Å². The predicted molar refractivity (Wildman–Crippen MR) is 62.4 cm³/mol. The van der Waals surface area contributed by atoms with Gasteiger partial charge in [-0.15, -0.1) is 0 Å². The summed E-state index contributed by atoms with van der Waals surface area (Å²) in [7, 11) is 0. The molecule has 0 saturated carbocycles. The minimum absolute atomic E-state index is 0.161. The topological polar surface area (TPSA) is 62.4 Å². The number of aliphatic imine (C=N–C) groups is 1. The van der Waals surface area contributed by atoms with Crippen LogP contribution in [0.25, 0.3) is 0 Å². The Labute approximate surface area is 88.9 Å². The van der Waals surface area contributed by atoms with E-state index in [1.54, 1.807) is 0 Å². The molecule has 0 radical (unpaired) electrons. The van der Waals surface area contributed by atoms with Gasteiger partial charge >= 0.3 is 0 Å². The molecule has 1 heterocycles. The van der Waals surface area contributed by atoms with Gasteiger partial charge < -0.3 is 5.32 Å². The Balaban J connectivity index is 2.06. The summed E-state index contributed by atoms with van der Waals surface area (Å²) in [6.45, 7) is 0. The zero-order valence-electron chi connectivity index (χ0n) is 8.35. The average Bonchev–Trinajstić information content (AvgIpc) is 2.31. The Kier molecular flexibility index (Phi) is 3.11. The molecule has 1 atom stereocenters. The van der Waals surface area contributed by atoms with Crippen LogP contribution in [0.3, 0.4) is 0 Å². The van der Waals surface area contributed by atoms with Crippen LogP contribution >= 0.6 is 0 Å². The number of para-hydroxylation sites is 1. The summed E-state index contributed by atoms with van der Waals surface area (Å²) in [5, 5.41) is 3.21. The Morgan fingerprint density at radius 3 is 2.80 bits per heavy atom. The van der Waals surface area contributed by atoms with Gasteiger partial charge in [0.15, 0.2) is 0 Å². The van der Waals surface area contributed by atoms with Crippen LogP contribution in [0.15, 0.2) is 47.2 Å². The quantitative estimate of drug-likeness (QED) is 0.510. The van der Waals surface area contributed by atoms with Gasteiger partial charge in [0.05, 0.1) is 0 Å². The van der Waals surface area contributed by atoms with E-state index in [-0.39, 0.29) is 6.04 Å². The molecular weight excluding hydrogens is 188 g/mol. The molecular formula is C11H14N4. The van der Waals surface area contributed by atoms with Crippen molar-refractivity contribution in [3.8, 4) is 0 Å². The van der Waals surface area contributed by atoms with Gasteiger partial charge in [-0.05, 0) is 18.2 Å². The average molecular weight is 202 g/mol. The van der Waals surface area contributed by atoms with Gasteiger partial charge in [0.2, 0.25) is 0 Å². The number of rotatable bonds is 3. The summed E-state index contributed by atoms with van der Waals surface area (Å²) < 4.78 is 0. The van der Waals surface area contributed by atoms with E-state index in [1.165, 1.54) is 0 Å². The van der Waals surface area contributed by atoms with E-state index in [1.807, 2.05) is 42.6 Å². The van der Waals surface area contributed by atoms with Crippen LogP contribution in [0.2, 0.25) is 0 Å². The van der Waals surface area contributed by atoms with E-state index >= 15 is 0 Å². The molecule has 1 aromatic rings. The van der Waals surface area contributed by atoms with Gasteiger partial charge in [0, 0.05) is 24.4 Å². The van der Waals surface area contributed by atoms with E-state index in [9.17, 15) is 0 Å². The van der Waals surface area contributed by atoms with Crippen molar-refractivity contribution < 1.29 is 0 Å². The van der Waals surface area contributed by atoms with Crippen LogP contribution in [0.1, 0.15) is 6.42 Å². The normalized spacial score (nSPS) is 19.8. The third-order valence-corrected chi connectivity index (χ3v) is 2.21. The zero-order chi connectivity index (χ0) is 10.5. The summed E-state index contributed by atoms with van der Waals surface area (Å²) in [6, 6.07) is 10.1. The SMILES string of the molecule is NNC1C=C(Nc2ccccc2)N=CC1. The number of benzene rings is 1. The summed E-state index contributed by atoms with van der Waals surface area (Å²) in [4.78, 5) is 4.25. The first-order valence-electron chi connectivity index (χ1n) is 4.91. The Morgan fingerprint density at radius 1 is 1.27 bits per heavy atom. The number of nitrogens with two attached hydrogens (primary N) is 1. The molecule has 0 aliphatic carbocycles. The molecule has 1 aromatic carbocycles. The van der Waals surface area contributed by atoms with E-state index in [4.69, 9.17) is 5.84 Å². The summed E-state index contributed by atoms with van der Waals surface area (Å²) in [5.41, 5.74) is 3.74. The van der Waals surface area contributed by atoms with Crippen LogP contribution in [0.4, 0.5) is 5.69 Å². The second-order valence-electron chi connectivity index (χ2n) is 3.36. The molecule has 1 unspecified atom stereocenters. The van der Waals surface area contributed by atoms with Crippen LogP contribution in [-0.2, 0) is 0 Å². The van der Waals surface area contributed by atoms with Crippen molar-refractivity contribution in [3.63, 3.8) is 0 Å². The minimum atomic E-state index is 0.161. The summed E-state index contributed by atoms with van der Waals surface area (Å²) in [5.74, 6) is 6.20. The molecule has 1 aliphatic heterocycles. The van der Waals surface area contributed by atoms with Crippen molar-refractivity contribution in [1.82, 2.24) is 5.43 Å². The number of nitrogens with one attached hydrogen (secondary N) is 2. The molecule has 0 spiro atoms. The molecule has 78 valence electrons. The molecule has 2 rings (SSSR count). The molecule has 4 N–H and O–H groups in total. The Hall–Kier alpha value is -1.65. The molecule has 1 aliphatic rings. The maximum Gasteiger partial charge on any atom is 0.127 e. The largest absolute Gasteiger partial charge is 0.340 e. The maximum atomic E-state index is 5.37. The van der Waals surface area contributed by atoms with Crippen molar-refractivity contribution in [2.45, 2.75) is 12.5 Å². The molecule has 0 aromatic heterocycles. The highest BCUT2D eigenvalue weighted by molar-refractivity contribution is 5.64. The van der Waals surface area contributed by atoms with Crippen LogP contribution in [0.5, 0.6) is 0 Å². The second kappa shape index (κ2) is 4.72. The monoisotopic (exact) mass is 202 g/mol. The number of anilines is 1. The van der Waals surface area contributed by atoms with Crippen molar-refractivity contribution >= 4 is 11.9 Å². The molecule has 0 saturated heterocycles. The fourth-order valence-corrected chi connectivity index (χ4v) is 1.43. The molecule has 4 nitrogen and oxygen atoms in total. The van der Waals surface area contributed by atoms with Crippen LogP contribution < -0.4 is 16.6 Å². The Bertz CT molecular complexity index is 369. The van der Waals surface area contributed by atoms with Gasteiger partial charge in [0.25, 0.3) is 0 Å². The van der Waals surface area contributed by atoms with Crippen LogP contribution in [0, 0.1) is 0 Å². The fourth-order valence-electron chi connectivity index (χ4n) is 1.43. The van der Waals surface area contributed by atoms with E-state index in [0.29, 0.717) is 0 Å². The molecule has 4 heteroatoms. The standard InChI is InChI=1S/C11H14N4/c12-15-10-6-7-13-11(8-10)14-9-4-2-1-3-5-9/h1-5,7-8,10,14-15H,6,12H2. The van der Waals surface area contributed by atoms with Gasteiger partial charge in [0.1, 0.15) is 5.82 Å². The van der Waals surface area contributed by atoms with E-state index in [0.717, 1.165) is 17.9 Å². The lowest BCUT2D eigenvalue weighted by Crippen LogP contribution is -2.35. The van der Waals surface area contributed by atoms with Gasteiger partial charge in [-0.1, -0.05) is 18.2 Å². The lowest BCUT2D eigenvalue weighted by Gasteiger charge is -2.15. The second-order valence-corrected chi connectivity index (χ2v) is 3.36. The lowest BCUT2D eigenvalue weighted by molar-refractivity contribution is 0.633. The summed E-state index contributed by atoms with van der Waals surface area (Å²) in [6.07, 6.45) is 4.67. The zero-order valence-corrected chi connectivity index (χ0v) is 8.35. The maximum absolute atomic E-state index is 5.37. The van der Waals surface area contributed by atoms with Crippen molar-refractivity contribution in [1.29, 1.82) is 0 Å². The first-order chi connectivity index (χ1) is 7.38. The number of hydrogen-bond acceptors (Lipinski definition) is 4. The number of hydrogen-bond donors (Lipinski definition) is 3. The van der Waals surface area contributed by atoms with Crippen molar-refractivity contribution in [3.05, 3.63) is 42.2 Å². The van der Waals surface area contributed by atoms with Crippen LogP contribution in [-0.4, -0.2) is 12.3 Å². The van der Waals surface area contributed by atoms with E-state index < -0.39 is 0 Å². The Morgan fingerprint density at radius 2 is 2.07 bits per heavy atom. The van der Waals surface area contributed by atoms with Crippen molar-refractivity contribution in [2.24, 2.45) is 10.8 Å². The number of hydrazine groups is 1. The summed E-state index contributed by atoms with van der Waals surface area (Å²) >= 11 is 0. The highest BCUT2D eigenvalue weighted by Crippen LogP contribution is 2.12. The first kappa shape index (κ1) is 9.89. The smallest absolute Gasteiger partial charge is 0.127 e. The van der Waals surface area contributed by atoms with Gasteiger partial charge in [-0.25, -0.2) is 4.99 Å². The van der Waals surface area contributed by atoms with Crippen molar-refractivity contribution in [2.75, 3.05) is 5.32 Å². The minimum Gasteiger partial charge on any atom is -0.340 e. The van der Waals surface area contributed by atoms with E-state index in [2.05, 4.69) is 15.7 Å². The third kappa shape index (κ3) is 2.65. The first-order valence-corrected chi connectivity index (χ1v) is 4.91. The highest BCUT2D eigenvalue weighted by Gasteiger charge is 2.07. The predicted octanol–water partition coefficient (Wildman–Crippen LogP) is 1.25. The highest BCUT2D eigenvalue weighted by atomic mass is 15.2. The molecule has 15 heavy (non-hydrogen) atoms.